The first-order valence-corrected chi connectivity index (χ1v) is 12.3. The molecule has 2 aromatic carbocycles. The third-order valence-electron chi connectivity index (χ3n) is 6.70. The van der Waals surface area contributed by atoms with E-state index in [2.05, 4.69) is 0 Å². The van der Waals surface area contributed by atoms with Crippen molar-refractivity contribution in [3.63, 3.8) is 0 Å². The van der Waals surface area contributed by atoms with E-state index in [-0.39, 0.29) is 30.4 Å². The minimum absolute atomic E-state index is 0.0246. The Kier molecular flexibility index (Phi) is 6.17. The molecular formula is C24H29FN2O3S. The van der Waals surface area contributed by atoms with Crippen molar-refractivity contribution in [2.45, 2.75) is 69.5 Å². The molecule has 2 saturated heterocycles. The number of sulfonamides is 1. The Labute approximate surface area is 183 Å². The topological polar surface area (TPSA) is 57.7 Å². The van der Waals surface area contributed by atoms with E-state index in [1.165, 1.54) is 6.07 Å². The number of hydrogen-bond donors (Lipinski definition) is 0. The van der Waals surface area contributed by atoms with Gasteiger partial charge < -0.3 is 4.90 Å². The minimum atomic E-state index is -3.68. The lowest BCUT2D eigenvalue weighted by atomic mass is 9.96. The zero-order chi connectivity index (χ0) is 22.2. The molecular weight excluding hydrogens is 415 g/mol. The van der Waals surface area contributed by atoms with Crippen molar-refractivity contribution in [2.75, 3.05) is 6.54 Å². The average Bonchev–Trinajstić information content (AvgIpc) is 3.15. The fraction of sp³-hybridized carbons (Fsp3) is 0.458. The molecule has 0 radical (unpaired) electrons. The van der Waals surface area contributed by atoms with Crippen LogP contribution in [0.2, 0.25) is 0 Å². The Hall–Kier alpha value is -2.25. The van der Waals surface area contributed by atoms with Gasteiger partial charge in [-0.3, -0.25) is 4.79 Å². The Morgan fingerprint density at radius 3 is 2.52 bits per heavy atom. The molecule has 7 heteroatoms. The summed E-state index contributed by atoms with van der Waals surface area (Å²) in [5, 5.41) is 0. The highest BCUT2D eigenvalue weighted by Crippen LogP contribution is 2.35. The van der Waals surface area contributed by atoms with E-state index in [0.717, 1.165) is 17.5 Å². The highest BCUT2D eigenvalue weighted by atomic mass is 32.2. The van der Waals surface area contributed by atoms with E-state index >= 15 is 0 Å². The van der Waals surface area contributed by atoms with Crippen molar-refractivity contribution >= 4 is 15.9 Å². The monoisotopic (exact) mass is 444 g/mol. The number of carbonyl (C=O) groups excluding carboxylic acids is 1. The fourth-order valence-electron chi connectivity index (χ4n) is 4.79. The molecule has 2 aromatic rings. The second-order valence-corrected chi connectivity index (χ2v) is 10.5. The van der Waals surface area contributed by atoms with Crippen molar-refractivity contribution in [2.24, 2.45) is 0 Å². The van der Waals surface area contributed by atoms with Crippen LogP contribution < -0.4 is 0 Å². The number of rotatable bonds is 4. The van der Waals surface area contributed by atoms with Crippen molar-refractivity contribution in [3.05, 3.63) is 65.0 Å². The van der Waals surface area contributed by atoms with Gasteiger partial charge in [-0.1, -0.05) is 30.7 Å². The van der Waals surface area contributed by atoms with Gasteiger partial charge in [0, 0.05) is 37.2 Å². The number of amides is 1. The van der Waals surface area contributed by atoms with Gasteiger partial charge in [-0.15, -0.1) is 0 Å². The molecule has 0 aliphatic carbocycles. The van der Waals surface area contributed by atoms with E-state index in [1.54, 1.807) is 39.5 Å². The van der Waals surface area contributed by atoms with Gasteiger partial charge in [0.2, 0.25) is 15.9 Å². The zero-order valence-electron chi connectivity index (χ0n) is 18.1. The number of hydrogen-bond acceptors (Lipinski definition) is 3. The van der Waals surface area contributed by atoms with Crippen LogP contribution in [0.25, 0.3) is 0 Å². The van der Waals surface area contributed by atoms with Gasteiger partial charge in [0.05, 0.1) is 4.90 Å². The number of fused-ring (bicyclic) bond motifs is 1. The molecule has 0 N–H and O–H groups in total. The summed E-state index contributed by atoms with van der Waals surface area (Å²) in [6, 6.07) is 11.2. The maximum absolute atomic E-state index is 14.3. The number of carbonyl (C=O) groups is 1. The molecule has 2 heterocycles. The summed E-state index contributed by atoms with van der Waals surface area (Å²) in [4.78, 5) is 15.0. The third-order valence-corrected chi connectivity index (χ3v) is 8.62. The number of nitrogens with zero attached hydrogens (tertiary/aromatic N) is 2. The summed E-state index contributed by atoms with van der Waals surface area (Å²) in [5.41, 5.74) is 2.45. The third kappa shape index (κ3) is 4.26. The van der Waals surface area contributed by atoms with Crippen LogP contribution in [0.3, 0.4) is 0 Å². The number of aryl methyl sites for hydroxylation is 2. The normalized spacial score (nSPS) is 22.8. The predicted octanol–water partition coefficient (Wildman–Crippen LogP) is 4.18. The van der Waals surface area contributed by atoms with Gasteiger partial charge in [-0.05, 0) is 62.4 Å². The molecule has 0 saturated carbocycles. The summed E-state index contributed by atoms with van der Waals surface area (Å²) >= 11 is 0. The molecule has 0 unspecified atom stereocenters. The van der Waals surface area contributed by atoms with Gasteiger partial charge in [-0.25, -0.2) is 12.8 Å². The maximum atomic E-state index is 14.3. The number of likely N-dealkylation sites (tertiary alicyclic amines) is 1. The maximum Gasteiger partial charge on any atom is 0.243 e. The Morgan fingerprint density at radius 2 is 1.77 bits per heavy atom. The van der Waals surface area contributed by atoms with E-state index in [9.17, 15) is 17.6 Å². The van der Waals surface area contributed by atoms with Gasteiger partial charge >= 0.3 is 0 Å². The van der Waals surface area contributed by atoms with Crippen LogP contribution in [-0.2, 0) is 21.4 Å². The molecule has 31 heavy (non-hydrogen) atoms. The summed E-state index contributed by atoms with van der Waals surface area (Å²) < 4.78 is 42.9. The van der Waals surface area contributed by atoms with Crippen LogP contribution in [0, 0.1) is 19.7 Å². The second-order valence-electron chi connectivity index (χ2n) is 8.64. The molecule has 4 rings (SSSR count). The number of halogens is 1. The summed E-state index contributed by atoms with van der Waals surface area (Å²) in [6.45, 7) is 4.40. The molecule has 5 nitrogen and oxygen atoms in total. The van der Waals surface area contributed by atoms with Gasteiger partial charge in [-0.2, -0.15) is 4.31 Å². The smallest absolute Gasteiger partial charge is 0.243 e. The predicted molar refractivity (Wildman–Crippen MR) is 117 cm³/mol. The molecule has 1 amide bonds. The first-order valence-electron chi connectivity index (χ1n) is 10.9. The SMILES string of the molecule is Cc1ccc(S(=O)(=O)N2CC[C@H]3[C@H]2CCCCC(=O)N3Cc2ccccc2F)cc1C. The van der Waals surface area contributed by atoms with E-state index in [0.29, 0.717) is 42.7 Å². The summed E-state index contributed by atoms with van der Waals surface area (Å²) in [5.74, 6) is -0.366. The van der Waals surface area contributed by atoms with E-state index < -0.39 is 10.0 Å². The standard InChI is InChI=1S/C24H29FN2O3S/c1-17-11-12-20(15-18(17)2)31(29,30)27-14-13-22-23(27)9-5-6-10-24(28)26(22)16-19-7-3-4-8-21(19)25/h3-4,7-8,11-12,15,22-23H,5-6,9-10,13-14,16H2,1-2H3/t22-,23+/m0/s1. The Balaban J connectivity index is 1.66. The van der Waals surface area contributed by atoms with Crippen LogP contribution in [0.1, 0.15) is 48.8 Å². The lowest BCUT2D eigenvalue weighted by molar-refractivity contribution is -0.135. The zero-order valence-corrected chi connectivity index (χ0v) is 18.9. The van der Waals surface area contributed by atoms with Gasteiger partial charge in [0.25, 0.3) is 0 Å². The Morgan fingerprint density at radius 1 is 1.00 bits per heavy atom. The molecule has 2 fully saturated rings. The first-order chi connectivity index (χ1) is 14.8. The van der Waals surface area contributed by atoms with Gasteiger partial charge in [0.15, 0.2) is 0 Å². The van der Waals surface area contributed by atoms with Gasteiger partial charge in [0.1, 0.15) is 5.82 Å². The highest BCUT2D eigenvalue weighted by molar-refractivity contribution is 7.89. The van der Waals surface area contributed by atoms with Crippen molar-refractivity contribution < 1.29 is 17.6 Å². The first kappa shape index (κ1) is 22.0. The van der Waals surface area contributed by atoms with Crippen molar-refractivity contribution in [3.8, 4) is 0 Å². The molecule has 0 spiro atoms. The molecule has 166 valence electrons. The van der Waals surface area contributed by atoms with Crippen molar-refractivity contribution in [1.82, 2.24) is 9.21 Å². The molecule has 0 bridgehead atoms. The van der Waals surface area contributed by atoms with E-state index in [4.69, 9.17) is 0 Å². The van der Waals surface area contributed by atoms with Crippen LogP contribution in [0.15, 0.2) is 47.4 Å². The summed E-state index contributed by atoms with van der Waals surface area (Å²) in [7, 11) is -3.68. The quantitative estimate of drug-likeness (QED) is 0.711. The van der Waals surface area contributed by atoms with E-state index in [1.807, 2.05) is 19.9 Å². The summed E-state index contributed by atoms with van der Waals surface area (Å²) in [6.07, 6.45) is 3.21. The largest absolute Gasteiger partial charge is 0.334 e. The van der Waals surface area contributed by atoms with Crippen LogP contribution in [0.5, 0.6) is 0 Å². The lowest BCUT2D eigenvalue weighted by Crippen LogP contribution is -2.49. The molecule has 2 aliphatic rings. The minimum Gasteiger partial charge on any atom is -0.334 e. The molecule has 2 atom stereocenters. The Bertz CT molecular complexity index is 1090. The lowest BCUT2D eigenvalue weighted by Gasteiger charge is -2.37. The average molecular weight is 445 g/mol. The molecule has 2 aliphatic heterocycles. The second kappa shape index (κ2) is 8.71. The van der Waals surface area contributed by atoms with Crippen molar-refractivity contribution in [1.29, 1.82) is 0 Å². The van der Waals surface area contributed by atoms with Crippen LogP contribution >= 0.6 is 0 Å². The number of benzene rings is 2. The molecule has 0 aromatic heterocycles. The fourth-order valence-corrected chi connectivity index (χ4v) is 6.58. The highest BCUT2D eigenvalue weighted by Gasteiger charge is 2.45. The van der Waals surface area contributed by atoms with Crippen LogP contribution in [0.4, 0.5) is 4.39 Å². The van der Waals surface area contributed by atoms with Crippen LogP contribution in [-0.4, -0.2) is 42.2 Å².